The van der Waals surface area contributed by atoms with Crippen LogP contribution in [0.4, 0.5) is 0 Å². The standard InChI is InChI=1S/C14H18BrClN2O/c1-2-18(11-5-7-17-8-6-11)14(19)12-4-3-10(16)9-13(12)15/h3-4,9,11,17H,2,5-8H2,1H3. The molecular formula is C14H18BrClN2O. The van der Waals surface area contributed by atoms with Crippen LogP contribution in [-0.2, 0) is 0 Å². The van der Waals surface area contributed by atoms with Crippen LogP contribution >= 0.6 is 27.5 Å². The van der Waals surface area contributed by atoms with Crippen LogP contribution in [-0.4, -0.2) is 36.5 Å². The van der Waals surface area contributed by atoms with Gasteiger partial charge in [-0.3, -0.25) is 4.79 Å². The maximum atomic E-state index is 12.6. The molecule has 1 aromatic carbocycles. The summed E-state index contributed by atoms with van der Waals surface area (Å²) in [7, 11) is 0. The molecule has 1 aliphatic heterocycles. The Morgan fingerprint density at radius 1 is 1.47 bits per heavy atom. The summed E-state index contributed by atoms with van der Waals surface area (Å²) in [6, 6.07) is 5.65. The van der Waals surface area contributed by atoms with E-state index in [0.29, 0.717) is 16.6 Å². The second-order valence-corrected chi connectivity index (χ2v) is 5.99. The van der Waals surface area contributed by atoms with Gasteiger partial charge in [0.05, 0.1) is 5.56 Å². The summed E-state index contributed by atoms with van der Waals surface area (Å²) in [6.07, 6.45) is 2.04. The molecule has 0 saturated carbocycles. The van der Waals surface area contributed by atoms with E-state index in [4.69, 9.17) is 11.6 Å². The van der Waals surface area contributed by atoms with Crippen LogP contribution in [0.5, 0.6) is 0 Å². The van der Waals surface area contributed by atoms with Gasteiger partial charge in [-0.05, 0) is 67.0 Å². The maximum absolute atomic E-state index is 12.6. The van der Waals surface area contributed by atoms with Gasteiger partial charge in [-0.2, -0.15) is 0 Å². The van der Waals surface area contributed by atoms with Crippen LogP contribution in [0.3, 0.4) is 0 Å². The average Bonchev–Trinajstić information content (AvgIpc) is 2.40. The van der Waals surface area contributed by atoms with Crippen LogP contribution in [0.15, 0.2) is 22.7 Å². The normalized spacial score (nSPS) is 16.4. The number of benzene rings is 1. The summed E-state index contributed by atoms with van der Waals surface area (Å²) < 4.78 is 0.761. The van der Waals surface area contributed by atoms with Crippen molar-refractivity contribution in [3.8, 4) is 0 Å². The molecule has 3 nitrogen and oxygen atoms in total. The monoisotopic (exact) mass is 344 g/mol. The van der Waals surface area contributed by atoms with E-state index in [2.05, 4.69) is 21.2 Å². The van der Waals surface area contributed by atoms with E-state index in [1.807, 2.05) is 11.8 Å². The third-order valence-electron chi connectivity index (χ3n) is 3.51. The Kier molecular flexibility index (Phi) is 5.25. The molecule has 1 aromatic rings. The van der Waals surface area contributed by atoms with E-state index < -0.39 is 0 Å². The van der Waals surface area contributed by atoms with Crippen molar-refractivity contribution in [3.63, 3.8) is 0 Å². The number of piperidine rings is 1. The molecule has 1 N–H and O–H groups in total. The Morgan fingerprint density at radius 3 is 2.74 bits per heavy atom. The quantitative estimate of drug-likeness (QED) is 0.911. The molecule has 1 aliphatic rings. The van der Waals surface area contributed by atoms with E-state index in [-0.39, 0.29) is 5.91 Å². The zero-order chi connectivity index (χ0) is 13.8. The van der Waals surface area contributed by atoms with E-state index in [1.54, 1.807) is 18.2 Å². The first-order valence-electron chi connectivity index (χ1n) is 6.60. The molecule has 0 atom stereocenters. The first kappa shape index (κ1) is 14.8. The molecule has 0 bridgehead atoms. The highest BCUT2D eigenvalue weighted by atomic mass is 79.9. The van der Waals surface area contributed by atoms with Crippen LogP contribution in [0.1, 0.15) is 30.1 Å². The first-order valence-corrected chi connectivity index (χ1v) is 7.77. The molecule has 0 unspecified atom stereocenters. The molecule has 0 spiro atoms. The lowest BCUT2D eigenvalue weighted by Gasteiger charge is -2.34. The third kappa shape index (κ3) is 3.50. The molecule has 5 heteroatoms. The highest BCUT2D eigenvalue weighted by molar-refractivity contribution is 9.10. The molecule has 1 amide bonds. The van der Waals surface area contributed by atoms with Crippen molar-refractivity contribution in [2.24, 2.45) is 0 Å². The number of hydrogen-bond acceptors (Lipinski definition) is 2. The number of hydrogen-bond donors (Lipinski definition) is 1. The van der Waals surface area contributed by atoms with E-state index in [9.17, 15) is 4.79 Å². The lowest BCUT2D eigenvalue weighted by Crippen LogP contribution is -2.46. The van der Waals surface area contributed by atoms with Gasteiger partial charge in [0.2, 0.25) is 0 Å². The Morgan fingerprint density at radius 2 is 2.16 bits per heavy atom. The van der Waals surface area contributed by atoms with Crippen molar-refractivity contribution in [2.45, 2.75) is 25.8 Å². The molecule has 1 heterocycles. The van der Waals surface area contributed by atoms with Gasteiger partial charge in [0.15, 0.2) is 0 Å². The maximum Gasteiger partial charge on any atom is 0.255 e. The summed E-state index contributed by atoms with van der Waals surface area (Å²) in [5, 5.41) is 3.96. The summed E-state index contributed by atoms with van der Waals surface area (Å²) in [6.45, 7) is 4.73. The van der Waals surface area contributed by atoms with E-state index in [1.165, 1.54) is 0 Å². The lowest BCUT2D eigenvalue weighted by atomic mass is 10.0. The molecule has 2 rings (SSSR count). The second-order valence-electron chi connectivity index (χ2n) is 4.70. The minimum Gasteiger partial charge on any atom is -0.336 e. The van der Waals surface area contributed by atoms with Crippen molar-refractivity contribution in [2.75, 3.05) is 19.6 Å². The van der Waals surface area contributed by atoms with Gasteiger partial charge in [-0.1, -0.05) is 11.6 Å². The fraction of sp³-hybridized carbons (Fsp3) is 0.500. The molecule has 1 fully saturated rings. The molecule has 1 saturated heterocycles. The molecular weight excluding hydrogens is 328 g/mol. The Bertz CT molecular complexity index is 461. The van der Waals surface area contributed by atoms with Gasteiger partial charge in [0.1, 0.15) is 0 Å². The zero-order valence-electron chi connectivity index (χ0n) is 11.0. The number of carbonyl (C=O) groups excluding carboxylic acids is 1. The van der Waals surface area contributed by atoms with Crippen molar-refractivity contribution >= 4 is 33.4 Å². The fourth-order valence-corrected chi connectivity index (χ4v) is 3.36. The summed E-state index contributed by atoms with van der Waals surface area (Å²) in [5.41, 5.74) is 0.685. The summed E-state index contributed by atoms with van der Waals surface area (Å²) in [4.78, 5) is 14.6. The van der Waals surface area contributed by atoms with Gasteiger partial charge < -0.3 is 10.2 Å². The van der Waals surface area contributed by atoms with Crippen LogP contribution < -0.4 is 5.32 Å². The van der Waals surface area contributed by atoms with E-state index >= 15 is 0 Å². The lowest BCUT2D eigenvalue weighted by molar-refractivity contribution is 0.0655. The van der Waals surface area contributed by atoms with Crippen LogP contribution in [0.25, 0.3) is 0 Å². The minimum atomic E-state index is 0.0814. The topological polar surface area (TPSA) is 32.3 Å². The predicted octanol–water partition coefficient (Wildman–Crippen LogP) is 3.32. The average molecular weight is 346 g/mol. The summed E-state index contributed by atoms with van der Waals surface area (Å²) >= 11 is 9.35. The van der Waals surface area contributed by atoms with Gasteiger partial charge in [0, 0.05) is 22.1 Å². The highest BCUT2D eigenvalue weighted by Crippen LogP contribution is 2.24. The SMILES string of the molecule is CCN(C(=O)c1ccc(Cl)cc1Br)C1CCNCC1. The van der Waals surface area contributed by atoms with Crippen molar-refractivity contribution < 1.29 is 4.79 Å². The number of halogens is 2. The number of nitrogens with zero attached hydrogens (tertiary/aromatic N) is 1. The van der Waals surface area contributed by atoms with Crippen LogP contribution in [0, 0.1) is 0 Å². The minimum absolute atomic E-state index is 0.0814. The molecule has 0 aromatic heterocycles. The highest BCUT2D eigenvalue weighted by Gasteiger charge is 2.25. The zero-order valence-corrected chi connectivity index (χ0v) is 13.3. The first-order chi connectivity index (χ1) is 9.13. The number of carbonyl (C=O) groups is 1. The molecule has 0 radical (unpaired) electrons. The summed E-state index contributed by atoms with van der Waals surface area (Å²) in [5.74, 6) is 0.0814. The van der Waals surface area contributed by atoms with Gasteiger partial charge in [-0.15, -0.1) is 0 Å². The smallest absolute Gasteiger partial charge is 0.255 e. The van der Waals surface area contributed by atoms with Crippen LogP contribution in [0.2, 0.25) is 5.02 Å². The largest absolute Gasteiger partial charge is 0.336 e. The molecule has 19 heavy (non-hydrogen) atoms. The van der Waals surface area contributed by atoms with E-state index in [0.717, 1.165) is 36.9 Å². The van der Waals surface area contributed by atoms with Gasteiger partial charge in [0.25, 0.3) is 5.91 Å². The van der Waals surface area contributed by atoms with Crippen molar-refractivity contribution in [1.82, 2.24) is 10.2 Å². The number of nitrogens with one attached hydrogen (secondary N) is 1. The fourth-order valence-electron chi connectivity index (χ4n) is 2.50. The molecule has 0 aliphatic carbocycles. The number of rotatable bonds is 3. The van der Waals surface area contributed by atoms with Gasteiger partial charge in [-0.25, -0.2) is 0 Å². The van der Waals surface area contributed by atoms with Crippen molar-refractivity contribution in [3.05, 3.63) is 33.3 Å². The Balaban J connectivity index is 2.19. The second kappa shape index (κ2) is 6.73. The number of amides is 1. The predicted molar refractivity (Wildman–Crippen MR) is 81.8 cm³/mol. The Hall–Kier alpha value is -0.580. The van der Waals surface area contributed by atoms with Gasteiger partial charge >= 0.3 is 0 Å². The molecule has 104 valence electrons. The van der Waals surface area contributed by atoms with Crippen molar-refractivity contribution in [1.29, 1.82) is 0 Å². The third-order valence-corrected chi connectivity index (χ3v) is 4.40. The Labute approximate surface area is 127 Å².